The lowest BCUT2D eigenvalue weighted by atomic mass is 9.54. The monoisotopic (exact) mass is 234 g/mol. The van der Waals surface area contributed by atoms with Gasteiger partial charge < -0.3 is 5.11 Å². The van der Waals surface area contributed by atoms with E-state index in [1.54, 1.807) is 12.2 Å². The van der Waals surface area contributed by atoms with Gasteiger partial charge >= 0.3 is 0 Å². The summed E-state index contributed by atoms with van der Waals surface area (Å²) < 4.78 is 0. The van der Waals surface area contributed by atoms with Crippen molar-refractivity contribution in [3.8, 4) is 0 Å². The molecule has 1 saturated carbocycles. The molecule has 0 amide bonds. The van der Waals surface area contributed by atoms with Crippen LogP contribution in [0.3, 0.4) is 0 Å². The van der Waals surface area contributed by atoms with Crippen LogP contribution in [-0.2, 0) is 4.79 Å². The van der Waals surface area contributed by atoms with E-state index < -0.39 is 5.60 Å². The molecule has 0 heterocycles. The number of rotatable bonds is 1. The van der Waals surface area contributed by atoms with Crippen LogP contribution in [0.25, 0.3) is 0 Å². The van der Waals surface area contributed by atoms with Crippen LogP contribution in [-0.4, -0.2) is 16.5 Å². The van der Waals surface area contributed by atoms with Crippen molar-refractivity contribution in [3.05, 3.63) is 24.3 Å². The highest BCUT2D eigenvalue weighted by Crippen LogP contribution is 2.52. The summed E-state index contributed by atoms with van der Waals surface area (Å²) in [5, 5.41) is 10.5. The normalized spacial score (nSPS) is 45.5. The van der Waals surface area contributed by atoms with Gasteiger partial charge in [0, 0.05) is 11.3 Å². The molecule has 2 nitrogen and oxygen atoms in total. The summed E-state index contributed by atoms with van der Waals surface area (Å²) in [7, 11) is 0. The van der Waals surface area contributed by atoms with Crippen LogP contribution < -0.4 is 0 Å². The standard InChI is InChI=1S/C15H22O2/c1-10(2)11-5-7-14(3)12(9-11)15(4,17)8-6-13(14)16/h6,8,11-12,17H,1,5,7,9H2,2-4H3/t11-,12-,14-,15-/m0/s1. The Morgan fingerprint density at radius 3 is 2.76 bits per heavy atom. The molecule has 0 unspecified atom stereocenters. The van der Waals surface area contributed by atoms with Crippen molar-refractivity contribution in [3.63, 3.8) is 0 Å². The molecule has 0 aromatic rings. The number of fused-ring (bicyclic) bond motifs is 1. The minimum Gasteiger partial charge on any atom is -0.386 e. The fraction of sp³-hybridized carbons (Fsp3) is 0.667. The predicted octanol–water partition coefficient (Wildman–Crippen LogP) is 2.88. The quantitative estimate of drug-likeness (QED) is 0.708. The van der Waals surface area contributed by atoms with Gasteiger partial charge in [0.1, 0.15) is 0 Å². The van der Waals surface area contributed by atoms with E-state index in [4.69, 9.17) is 0 Å². The van der Waals surface area contributed by atoms with Gasteiger partial charge in [0.05, 0.1) is 5.60 Å². The summed E-state index contributed by atoms with van der Waals surface area (Å²) in [5.41, 5.74) is -0.0779. The molecule has 2 heteroatoms. The zero-order valence-electron chi connectivity index (χ0n) is 11.0. The lowest BCUT2D eigenvalue weighted by molar-refractivity contribution is -0.139. The predicted molar refractivity (Wildman–Crippen MR) is 68.5 cm³/mol. The molecule has 4 atom stereocenters. The maximum atomic E-state index is 12.1. The molecule has 0 saturated heterocycles. The Balaban J connectivity index is 2.36. The number of carbonyl (C=O) groups is 1. The highest BCUT2D eigenvalue weighted by molar-refractivity contribution is 5.96. The lowest BCUT2D eigenvalue weighted by Gasteiger charge is -2.50. The van der Waals surface area contributed by atoms with E-state index in [1.807, 2.05) is 20.8 Å². The van der Waals surface area contributed by atoms with Crippen LogP contribution in [0.5, 0.6) is 0 Å². The number of ketones is 1. The van der Waals surface area contributed by atoms with Gasteiger partial charge in [-0.25, -0.2) is 0 Å². The maximum absolute atomic E-state index is 12.1. The molecular formula is C15H22O2. The average Bonchev–Trinajstić information content (AvgIpc) is 2.24. The van der Waals surface area contributed by atoms with Crippen LogP contribution in [0.2, 0.25) is 0 Å². The number of hydrogen-bond acceptors (Lipinski definition) is 2. The van der Waals surface area contributed by atoms with Crippen molar-refractivity contribution < 1.29 is 9.90 Å². The topological polar surface area (TPSA) is 37.3 Å². The molecule has 2 aliphatic carbocycles. The van der Waals surface area contributed by atoms with E-state index in [1.165, 1.54) is 5.57 Å². The minimum absolute atomic E-state index is 0.0166. The van der Waals surface area contributed by atoms with Gasteiger partial charge in [-0.05, 0) is 51.2 Å². The van der Waals surface area contributed by atoms with Gasteiger partial charge in [-0.2, -0.15) is 0 Å². The fourth-order valence-electron chi connectivity index (χ4n) is 3.49. The van der Waals surface area contributed by atoms with Crippen molar-refractivity contribution in [2.75, 3.05) is 0 Å². The first-order chi connectivity index (χ1) is 7.77. The van der Waals surface area contributed by atoms with Crippen molar-refractivity contribution in [1.82, 2.24) is 0 Å². The SMILES string of the molecule is C=C(C)[C@H]1CC[C@]2(C)C(=O)C=C[C@](C)(O)[C@H]2C1. The van der Waals surface area contributed by atoms with Crippen molar-refractivity contribution in [2.24, 2.45) is 17.3 Å². The lowest BCUT2D eigenvalue weighted by Crippen LogP contribution is -2.53. The van der Waals surface area contributed by atoms with Gasteiger partial charge in [-0.1, -0.05) is 19.1 Å². The second kappa shape index (κ2) is 3.81. The Hall–Kier alpha value is -0.890. The molecule has 1 N–H and O–H groups in total. The van der Waals surface area contributed by atoms with E-state index in [0.717, 1.165) is 19.3 Å². The van der Waals surface area contributed by atoms with E-state index in [2.05, 4.69) is 6.58 Å². The highest BCUT2D eigenvalue weighted by atomic mass is 16.3. The van der Waals surface area contributed by atoms with Gasteiger partial charge in [0.25, 0.3) is 0 Å². The summed E-state index contributed by atoms with van der Waals surface area (Å²) in [6.07, 6.45) is 5.97. The molecular weight excluding hydrogens is 212 g/mol. The molecule has 0 aromatic heterocycles. The summed E-state index contributed by atoms with van der Waals surface area (Å²) in [4.78, 5) is 12.1. The number of allylic oxidation sites excluding steroid dienone is 2. The number of carbonyl (C=O) groups excluding carboxylic acids is 1. The van der Waals surface area contributed by atoms with E-state index >= 15 is 0 Å². The molecule has 1 fully saturated rings. The van der Waals surface area contributed by atoms with Crippen LogP contribution in [0.15, 0.2) is 24.3 Å². The van der Waals surface area contributed by atoms with Gasteiger partial charge in [-0.15, -0.1) is 0 Å². The molecule has 0 bridgehead atoms. The molecule has 17 heavy (non-hydrogen) atoms. The molecule has 0 radical (unpaired) electrons. The van der Waals surface area contributed by atoms with Crippen LogP contribution >= 0.6 is 0 Å². The molecule has 0 spiro atoms. The highest BCUT2D eigenvalue weighted by Gasteiger charge is 2.53. The third-order valence-electron chi connectivity index (χ3n) is 4.84. The zero-order valence-corrected chi connectivity index (χ0v) is 11.0. The maximum Gasteiger partial charge on any atom is 0.161 e. The van der Waals surface area contributed by atoms with Crippen LogP contribution in [0, 0.1) is 17.3 Å². The Labute approximate surface area is 103 Å². The first kappa shape index (κ1) is 12.6. The minimum atomic E-state index is -0.864. The number of aliphatic hydroxyl groups is 1. The third kappa shape index (κ3) is 1.89. The second-order valence-electron chi connectivity index (χ2n) is 6.21. The molecule has 0 aliphatic heterocycles. The first-order valence-electron chi connectivity index (χ1n) is 6.39. The summed E-state index contributed by atoms with van der Waals surface area (Å²) in [6.45, 7) is 9.89. The van der Waals surface area contributed by atoms with E-state index in [0.29, 0.717) is 5.92 Å². The third-order valence-corrected chi connectivity index (χ3v) is 4.84. The largest absolute Gasteiger partial charge is 0.386 e. The Morgan fingerprint density at radius 1 is 1.53 bits per heavy atom. The smallest absolute Gasteiger partial charge is 0.161 e. The van der Waals surface area contributed by atoms with Gasteiger partial charge in [0.2, 0.25) is 0 Å². The zero-order chi connectivity index (χ0) is 12.8. The average molecular weight is 234 g/mol. The van der Waals surface area contributed by atoms with E-state index in [9.17, 15) is 9.90 Å². The van der Waals surface area contributed by atoms with E-state index in [-0.39, 0.29) is 17.1 Å². The Bertz CT molecular complexity index is 392. The van der Waals surface area contributed by atoms with Crippen molar-refractivity contribution >= 4 is 5.78 Å². The summed E-state index contributed by atoms with van der Waals surface area (Å²) in [6, 6.07) is 0. The number of hydrogen-bond donors (Lipinski definition) is 1. The molecule has 2 aliphatic rings. The van der Waals surface area contributed by atoms with Crippen molar-refractivity contribution in [2.45, 2.75) is 45.6 Å². The van der Waals surface area contributed by atoms with Gasteiger partial charge in [-0.3, -0.25) is 4.79 Å². The van der Waals surface area contributed by atoms with Crippen LogP contribution in [0.1, 0.15) is 40.0 Å². The fourth-order valence-corrected chi connectivity index (χ4v) is 3.49. The van der Waals surface area contributed by atoms with Gasteiger partial charge in [0.15, 0.2) is 5.78 Å². The molecule has 2 rings (SSSR count). The van der Waals surface area contributed by atoms with Crippen LogP contribution in [0.4, 0.5) is 0 Å². The summed E-state index contributed by atoms with van der Waals surface area (Å²) >= 11 is 0. The Kier molecular flexibility index (Phi) is 2.81. The first-order valence-corrected chi connectivity index (χ1v) is 6.39. The summed E-state index contributed by atoms with van der Waals surface area (Å²) in [5.74, 6) is 0.635. The molecule has 0 aromatic carbocycles. The Morgan fingerprint density at radius 2 is 2.18 bits per heavy atom. The molecule has 94 valence electrons. The van der Waals surface area contributed by atoms with Crippen molar-refractivity contribution in [1.29, 1.82) is 0 Å². The second-order valence-corrected chi connectivity index (χ2v) is 6.21.